The van der Waals surface area contributed by atoms with Crippen LogP contribution in [0.4, 0.5) is 4.79 Å². The molecule has 1 aliphatic heterocycles. The summed E-state index contributed by atoms with van der Waals surface area (Å²) in [7, 11) is 1.27. The lowest BCUT2D eigenvalue weighted by atomic mass is 10.1. The number of carbonyl (C=O) groups is 2. The zero-order valence-electron chi connectivity index (χ0n) is 16.9. The number of nitrogens with zero attached hydrogens (tertiary/aromatic N) is 2. The Labute approximate surface area is 164 Å². The lowest BCUT2D eigenvalue weighted by Gasteiger charge is -2.22. The third-order valence-electron chi connectivity index (χ3n) is 4.38. The van der Waals surface area contributed by atoms with E-state index in [0.29, 0.717) is 12.2 Å². The summed E-state index contributed by atoms with van der Waals surface area (Å²) in [4.78, 5) is 35.8. The molecule has 9 nitrogen and oxygen atoms in total. The van der Waals surface area contributed by atoms with Crippen LogP contribution >= 0.6 is 0 Å². The SMILES string of the molecule is COC(=O)[C@@H](CC=CCC1CCCCc2noc(=O)n21)NC(=O)OC(C)(C)C. The van der Waals surface area contributed by atoms with E-state index in [1.807, 2.05) is 6.08 Å². The van der Waals surface area contributed by atoms with Crippen molar-refractivity contribution < 1.29 is 23.6 Å². The van der Waals surface area contributed by atoms with Gasteiger partial charge in [-0.25, -0.2) is 14.4 Å². The molecule has 0 aromatic carbocycles. The number of ether oxygens (including phenoxy) is 2. The van der Waals surface area contributed by atoms with Gasteiger partial charge in [-0.2, -0.15) is 0 Å². The molecule has 0 radical (unpaired) electrons. The summed E-state index contributed by atoms with van der Waals surface area (Å²) >= 11 is 0. The molecule has 156 valence electrons. The minimum Gasteiger partial charge on any atom is -0.467 e. The first-order valence-corrected chi connectivity index (χ1v) is 9.50. The smallest absolute Gasteiger partial charge is 0.441 e. The third kappa shape index (κ3) is 6.24. The molecule has 2 heterocycles. The Bertz CT molecular complexity index is 758. The van der Waals surface area contributed by atoms with E-state index in [9.17, 15) is 14.4 Å². The van der Waals surface area contributed by atoms with Crippen molar-refractivity contribution in [2.75, 3.05) is 7.11 Å². The molecular formula is C19H29N3O6. The highest BCUT2D eigenvalue weighted by Gasteiger charge is 2.25. The minimum atomic E-state index is -0.848. The summed E-state index contributed by atoms with van der Waals surface area (Å²) in [6.45, 7) is 5.23. The van der Waals surface area contributed by atoms with Crippen LogP contribution in [0.25, 0.3) is 0 Å². The highest BCUT2D eigenvalue weighted by Crippen LogP contribution is 2.24. The summed E-state index contributed by atoms with van der Waals surface area (Å²) in [6.07, 6.45) is 7.43. The first-order chi connectivity index (χ1) is 13.2. The molecule has 28 heavy (non-hydrogen) atoms. The van der Waals surface area contributed by atoms with E-state index in [0.717, 1.165) is 25.7 Å². The fourth-order valence-electron chi connectivity index (χ4n) is 3.12. The number of aromatic nitrogens is 2. The molecule has 0 saturated heterocycles. The summed E-state index contributed by atoms with van der Waals surface area (Å²) in [5.74, 6) is -0.309. The van der Waals surface area contributed by atoms with Crippen LogP contribution in [0.1, 0.15) is 64.7 Å². The predicted octanol–water partition coefficient (Wildman–Crippen LogP) is 2.51. The number of nitrogens with one attached hydrogen (secondary N) is 1. The highest BCUT2D eigenvalue weighted by molar-refractivity contribution is 5.81. The van der Waals surface area contributed by atoms with Crippen molar-refractivity contribution in [2.24, 2.45) is 0 Å². The summed E-state index contributed by atoms with van der Waals surface area (Å²) in [6, 6.07) is -0.873. The quantitative estimate of drug-likeness (QED) is 0.581. The molecule has 2 atom stereocenters. The van der Waals surface area contributed by atoms with E-state index in [2.05, 4.69) is 10.5 Å². The molecule has 1 amide bonds. The summed E-state index contributed by atoms with van der Waals surface area (Å²) < 4.78 is 16.3. The normalized spacial score (nSPS) is 18.2. The molecule has 1 N–H and O–H groups in total. The molecule has 0 saturated carbocycles. The van der Waals surface area contributed by atoms with E-state index < -0.39 is 29.5 Å². The van der Waals surface area contributed by atoms with Crippen molar-refractivity contribution >= 4 is 12.1 Å². The number of allylic oxidation sites excluding steroid dienone is 1. The number of hydrogen-bond acceptors (Lipinski definition) is 7. The average Bonchev–Trinajstić information content (AvgIpc) is 2.85. The fraction of sp³-hybridized carbons (Fsp3) is 0.684. The van der Waals surface area contributed by atoms with Gasteiger partial charge in [-0.3, -0.25) is 9.09 Å². The molecule has 0 aliphatic carbocycles. The van der Waals surface area contributed by atoms with Crippen molar-refractivity contribution in [3.8, 4) is 0 Å². The zero-order chi connectivity index (χ0) is 20.7. The van der Waals surface area contributed by atoms with Gasteiger partial charge >= 0.3 is 17.8 Å². The Morgan fingerprint density at radius 3 is 2.79 bits per heavy atom. The van der Waals surface area contributed by atoms with Gasteiger partial charge in [0, 0.05) is 12.5 Å². The number of alkyl carbamates (subject to hydrolysis) is 1. The number of methoxy groups -OCH3 is 1. The first kappa shape index (κ1) is 21.7. The molecular weight excluding hydrogens is 366 g/mol. The van der Waals surface area contributed by atoms with Gasteiger partial charge in [-0.1, -0.05) is 23.7 Å². The van der Waals surface area contributed by atoms with Crippen LogP contribution in [-0.4, -0.2) is 40.5 Å². The lowest BCUT2D eigenvalue weighted by Crippen LogP contribution is -2.43. The second-order valence-corrected chi connectivity index (χ2v) is 7.80. The standard InChI is InChI=1S/C19H29N3O6/c1-19(2,3)27-17(24)20-14(16(23)26-4)11-7-5-9-13-10-6-8-12-15-21-28-18(25)22(13)15/h5,7,13-14H,6,8-12H2,1-4H3,(H,20,24)/t13?,14-/m1/s1. The zero-order valence-corrected chi connectivity index (χ0v) is 16.9. The van der Waals surface area contributed by atoms with Crippen LogP contribution in [-0.2, 0) is 20.7 Å². The maximum Gasteiger partial charge on any atom is 0.441 e. The van der Waals surface area contributed by atoms with Gasteiger partial charge in [-0.15, -0.1) is 0 Å². The predicted molar refractivity (Wildman–Crippen MR) is 101 cm³/mol. The van der Waals surface area contributed by atoms with Crippen LogP contribution in [0.5, 0.6) is 0 Å². The number of carbonyl (C=O) groups excluding carboxylic acids is 2. The van der Waals surface area contributed by atoms with Crippen LogP contribution in [0.15, 0.2) is 21.5 Å². The second kappa shape index (κ2) is 9.57. The van der Waals surface area contributed by atoms with Crippen molar-refractivity contribution in [2.45, 2.75) is 77.0 Å². The number of hydrogen-bond donors (Lipinski definition) is 1. The van der Waals surface area contributed by atoms with Crippen LogP contribution in [0, 0.1) is 0 Å². The van der Waals surface area contributed by atoms with Gasteiger partial charge in [-0.05, 0) is 46.5 Å². The van der Waals surface area contributed by atoms with E-state index >= 15 is 0 Å². The Kier molecular flexibility index (Phi) is 7.42. The number of esters is 1. The van der Waals surface area contributed by atoms with Crippen LogP contribution < -0.4 is 11.1 Å². The summed E-state index contributed by atoms with van der Waals surface area (Å²) in [5.41, 5.74) is -0.663. The van der Waals surface area contributed by atoms with Gasteiger partial charge in [0.2, 0.25) is 0 Å². The van der Waals surface area contributed by atoms with Crippen molar-refractivity contribution in [3.05, 3.63) is 28.5 Å². The molecule has 2 rings (SSSR count). The van der Waals surface area contributed by atoms with Crippen LogP contribution in [0.3, 0.4) is 0 Å². The molecule has 0 spiro atoms. The third-order valence-corrected chi connectivity index (χ3v) is 4.38. The van der Waals surface area contributed by atoms with E-state index in [1.165, 1.54) is 7.11 Å². The lowest BCUT2D eigenvalue weighted by molar-refractivity contribution is -0.143. The topological polar surface area (TPSA) is 113 Å². The maximum absolute atomic E-state index is 11.9. The number of aryl methyl sites for hydroxylation is 1. The van der Waals surface area contributed by atoms with Gasteiger partial charge in [0.1, 0.15) is 11.6 Å². The molecule has 1 unspecified atom stereocenters. The van der Waals surface area contributed by atoms with E-state index in [1.54, 1.807) is 31.4 Å². The largest absolute Gasteiger partial charge is 0.467 e. The van der Waals surface area contributed by atoms with Crippen molar-refractivity contribution in [1.82, 2.24) is 15.0 Å². The Hall–Kier alpha value is -2.58. The maximum atomic E-state index is 11.9. The average molecular weight is 395 g/mol. The fourth-order valence-corrected chi connectivity index (χ4v) is 3.12. The van der Waals surface area contributed by atoms with E-state index in [-0.39, 0.29) is 12.5 Å². The monoisotopic (exact) mass is 395 g/mol. The van der Waals surface area contributed by atoms with Crippen molar-refractivity contribution in [3.63, 3.8) is 0 Å². The van der Waals surface area contributed by atoms with Gasteiger partial charge in [0.15, 0.2) is 5.82 Å². The van der Waals surface area contributed by atoms with Crippen LogP contribution in [0.2, 0.25) is 0 Å². The van der Waals surface area contributed by atoms with Crippen molar-refractivity contribution in [1.29, 1.82) is 0 Å². The first-order valence-electron chi connectivity index (χ1n) is 9.50. The van der Waals surface area contributed by atoms with Gasteiger partial charge in [0.25, 0.3) is 0 Å². The molecule has 0 fully saturated rings. The highest BCUT2D eigenvalue weighted by atomic mass is 16.6. The molecule has 1 aromatic rings. The van der Waals surface area contributed by atoms with Gasteiger partial charge in [0.05, 0.1) is 7.11 Å². The Morgan fingerprint density at radius 1 is 1.36 bits per heavy atom. The van der Waals surface area contributed by atoms with E-state index in [4.69, 9.17) is 14.0 Å². The Balaban J connectivity index is 1.96. The molecule has 1 aromatic heterocycles. The minimum absolute atomic E-state index is 0.0251. The molecule has 9 heteroatoms. The van der Waals surface area contributed by atoms with Gasteiger partial charge < -0.3 is 14.8 Å². The molecule has 1 aliphatic rings. The second-order valence-electron chi connectivity index (χ2n) is 7.80. The number of rotatable bonds is 6. The Morgan fingerprint density at radius 2 is 2.11 bits per heavy atom. The number of amides is 1. The summed E-state index contributed by atoms with van der Waals surface area (Å²) in [5, 5.41) is 6.37. The number of fused-ring (bicyclic) bond motifs is 1. The molecule has 0 bridgehead atoms.